The van der Waals surface area contributed by atoms with Gasteiger partial charge in [-0.2, -0.15) is 0 Å². The van der Waals surface area contributed by atoms with Crippen LogP contribution in [0.15, 0.2) is 30.3 Å². The zero-order valence-electron chi connectivity index (χ0n) is 12.3. The molecule has 0 unspecified atom stereocenters. The Hall–Kier alpha value is -1.88. The van der Waals surface area contributed by atoms with Crippen LogP contribution in [0.1, 0.15) is 26.3 Å². The van der Waals surface area contributed by atoms with Crippen molar-refractivity contribution in [1.29, 1.82) is 0 Å². The standard InChI is InChI=1S/C14H21NO3.CH2O/c1-14(2,3)18-13(17)15-12(10-16)9-11-7-5-4-6-8-11;1-2/h4-8,12,16H,9-10H2,1-3H3,(H,15,17);1H2/t12-;/m1./s1. The van der Waals surface area contributed by atoms with Crippen molar-refractivity contribution in [3.05, 3.63) is 35.9 Å². The van der Waals surface area contributed by atoms with E-state index in [1.165, 1.54) is 0 Å². The minimum Gasteiger partial charge on any atom is -0.444 e. The molecule has 1 aromatic rings. The highest BCUT2D eigenvalue weighted by atomic mass is 16.6. The van der Waals surface area contributed by atoms with E-state index in [1.54, 1.807) is 20.8 Å². The maximum atomic E-state index is 11.6. The summed E-state index contributed by atoms with van der Waals surface area (Å²) in [4.78, 5) is 19.6. The molecule has 1 amide bonds. The number of alkyl carbamates (subject to hydrolysis) is 1. The van der Waals surface area contributed by atoms with Gasteiger partial charge in [-0.3, -0.25) is 0 Å². The van der Waals surface area contributed by atoms with E-state index < -0.39 is 11.7 Å². The van der Waals surface area contributed by atoms with Crippen molar-refractivity contribution in [3.63, 3.8) is 0 Å². The Morgan fingerprint density at radius 3 is 2.30 bits per heavy atom. The van der Waals surface area contributed by atoms with Gasteiger partial charge in [0, 0.05) is 0 Å². The van der Waals surface area contributed by atoms with E-state index in [0.717, 1.165) is 5.56 Å². The Kier molecular flexibility index (Phi) is 8.24. The molecule has 5 heteroatoms. The summed E-state index contributed by atoms with van der Waals surface area (Å²) in [6, 6.07) is 9.37. The van der Waals surface area contributed by atoms with Gasteiger partial charge in [-0.05, 0) is 32.8 Å². The van der Waals surface area contributed by atoms with Crippen molar-refractivity contribution in [3.8, 4) is 0 Å². The van der Waals surface area contributed by atoms with E-state index in [-0.39, 0.29) is 12.6 Å². The van der Waals surface area contributed by atoms with Gasteiger partial charge in [0.1, 0.15) is 12.4 Å². The molecule has 0 radical (unpaired) electrons. The van der Waals surface area contributed by atoms with Crippen LogP contribution < -0.4 is 5.32 Å². The summed E-state index contributed by atoms with van der Waals surface area (Å²) in [6.45, 7) is 7.29. The largest absolute Gasteiger partial charge is 0.444 e. The monoisotopic (exact) mass is 281 g/mol. The van der Waals surface area contributed by atoms with E-state index >= 15 is 0 Å². The number of amides is 1. The van der Waals surface area contributed by atoms with E-state index in [2.05, 4.69) is 5.32 Å². The smallest absolute Gasteiger partial charge is 0.407 e. The van der Waals surface area contributed by atoms with Gasteiger partial charge >= 0.3 is 6.09 Å². The Morgan fingerprint density at radius 2 is 1.85 bits per heavy atom. The van der Waals surface area contributed by atoms with Crippen LogP contribution in [0, 0.1) is 0 Å². The van der Waals surface area contributed by atoms with Crippen molar-refractivity contribution in [2.45, 2.75) is 38.8 Å². The molecule has 0 aliphatic heterocycles. The lowest BCUT2D eigenvalue weighted by atomic mass is 10.1. The van der Waals surface area contributed by atoms with Crippen molar-refractivity contribution >= 4 is 12.9 Å². The Balaban J connectivity index is 0.00000172. The average molecular weight is 281 g/mol. The second-order valence-electron chi connectivity index (χ2n) is 5.22. The SMILES string of the molecule is C=O.CC(C)(C)OC(=O)N[C@@H](CO)Cc1ccccc1. The van der Waals surface area contributed by atoms with Gasteiger partial charge < -0.3 is 20.0 Å². The van der Waals surface area contributed by atoms with Gasteiger partial charge in [0.2, 0.25) is 0 Å². The fourth-order valence-corrected chi connectivity index (χ4v) is 1.53. The number of nitrogens with one attached hydrogen (secondary N) is 1. The molecule has 20 heavy (non-hydrogen) atoms. The van der Waals surface area contributed by atoms with Crippen LogP contribution in [0.3, 0.4) is 0 Å². The second kappa shape index (κ2) is 9.09. The molecule has 0 bridgehead atoms. The molecule has 0 aliphatic rings. The highest BCUT2D eigenvalue weighted by Crippen LogP contribution is 2.08. The van der Waals surface area contributed by atoms with E-state index in [9.17, 15) is 9.90 Å². The van der Waals surface area contributed by atoms with Crippen molar-refractivity contribution in [2.75, 3.05) is 6.61 Å². The maximum absolute atomic E-state index is 11.6. The highest BCUT2D eigenvalue weighted by Gasteiger charge is 2.19. The molecule has 0 saturated carbocycles. The number of hydrogen-bond acceptors (Lipinski definition) is 4. The quantitative estimate of drug-likeness (QED) is 0.884. The molecule has 0 aliphatic carbocycles. The summed E-state index contributed by atoms with van der Waals surface area (Å²) in [5.74, 6) is 0. The van der Waals surface area contributed by atoms with Gasteiger partial charge in [-0.15, -0.1) is 0 Å². The number of hydrogen-bond donors (Lipinski definition) is 2. The van der Waals surface area contributed by atoms with Crippen molar-refractivity contribution in [2.24, 2.45) is 0 Å². The molecule has 5 nitrogen and oxygen atoms in total. The van der Waals surface area contributed by atoms with E-state index in [0.29, 0.717) is 6.42 Å². The van der Waals surface area contributed by atoms with Crippen LogP contribution in [0.2, 0.25) is 0 Å². The molecule has 1 atom stereocenters. The average Bonchev–Trinajstić information content (AvgIpc) is 2.39. The summed E-state index contributed by atoms with van der Waals surface area (Å²) < 4.78 is 5.15. The Labute approximate surface area is 120 Å². The molecule has 0 aromatic heterocycles. The van der Waals surface area contributed by atoms with Gasteiger partial charge in [0.05, 0.1) is 12.6 Å². The molecule has 0 spiro atoms. The van der Waals surface area contributed by atoms with Crippen molar-refractivity contribution in [1.82, 2.24) is 5.32 Å². The highest BCUT2D eigenvalue weighted by molar-refractivity contribution is 5.68. The predicted octanol–water partition coefficient (Wildman–Crippen LogP) is 1.93. The molecule has 112 valence electrons. The molecule has 0 saturated heterocycles. The van der Waals surface area contributed by atoms with E-state index in [4.69, 9.17) is 9.53 Å². The first-order valence-electron chi connectivity index (χ1n) is 6.34. The fraction of sp³-hybridized carbons (Fsp3) is 0.467. The second-order valence-corrected chi connectivity index (χ2v) is 5.22. The van der Waals surface area contributed by atoms with Crippen LogP contribution in [-0.2, 0) is 16.0 Å². The number of aliphatic hydroxyl groups excluding tert-OH is 1. The fourth-order valence-electron chi connectivity index (χ4n) is 1.53. The molecule has 2 N–H and O–H groups in total. The summed E-state index contributed by atoms with van der Waals surface area (Å²) in [6.07, 6.45) is 0.0776. The number of carbonyl (C=O) groups excluding carboxylic acids is 2. The minimum absolute atomic E-state index is 0.117. The topological polar surface area (TPSA) is 75.6 Å². The van der Waals surface area contributed by atoms with Gasteiger partial charge in [0.15, 0.2) is 0 Å². The minimum atomic E-state index is -0.531. The van der Waals surface area contributed by atoms with Crippen LogP contribution >= 0.6 is 0 Å². The lowest BCUT2D eigenvalue weighted by Crippen LogP contribution is -2.42. The third-order valence-electron chi connectivity index (χ3n) is 2.27. The summed E-state index contributed by atoms with van der Waals surface area (Å²) in [7, 11) is 0. The lowest BCUT2D eigenvalue weighted by Gasteiger charge is -2.22. The Bertz CT molecular complexity index is 387. The Morgan fingerprint density at radius 1 is 1.30 bits per heavy atom. The zero-order chi connectivity index (χ0) is 15.6. The predicted molar refractivity (Wildman–Crippen MR) is 77.5 cm³/mol. The number of carbonyl (C=O) groups is 2. The third kappa shape index (κ3) is 8.26. The first kappa shape index (κ1) is 18.1. The summed E-state index contributed by atoms with van der Waals surface area (Å²) >= 11 is 0. The lowest BCUT2D eigenvalue weighted by molar-refractivity contribution is -0.0980. The zero-order valence-corrected chi connectivity index (χ0v) is 12.3. The van der Waals surface area contributed by atoms with Crippen LogP contribution in [0.4, 0.5) is 4.79 Å². The molecular formula is C15H23NO4. The molecule has 1 aromatic carbocycles. The molecule has 0 fully saturated rings. The molecule has 0 heterocycles. The number of aliphatic hydroxyl groups is 1. The van der Waals surface area contributed by atoms with Gasteiger partial charge in [-0.1, -0.05) is 30.3 Å². The van der Waals surface area contributed by atoms with E-state index in [1.807, 2.05) is 37.1 Å². The summed E-state index contributed by atoms with van der Waals surface area (Å²) in [5, 5.41) is 11.9. The van der Waals surface area contributed by atoms with Crippen LogP contribution in [0.25, 0.3) is 0 Å². The number of rotatable bonds is 4. The van der Waals surface area contributed by atoms with Crippen LogP contribution in [-0.4, -0.2) is 36.2 Å². The van der Waals surface area contributed by atoms with Gasteiger partial charge in [0.25, 0.3) is 0 Å². The molecular weight excluding hydrogens is 258 g/mol. The maximum Gasteiger partial charge on any atom is 0.407 e. The van der Waals surface area contributed by atoms with Gasteiger partial charge in [-0.25, -0.2) is 4.79 Å². The molecule has 1 rings (SSSR count). The van der Waals surface area contributed by atoms with Crippen LogP contribution in [0.5, 0.6) is 0 Å². The number of ether oxygens (including phenoxy) is 1. The number of benzene rings is 1. The normalized spacial score (nSPS) is 11.8. The summed E-state index contributed by atoms with van der Waals surface area (Å²) in [5.41, 5.74) is 0.532. The van der Waals surface area contributed by atoms with Crippen molar-refractivity contribution < 1.29 is 19.4 Å². The first-order chi connectivity index (χ1) is 9.40. The first-order valence-corrected chi connectivity index (χ1v) is 6.34. The third-order valence-corrected chi connectivity index (χ3v) is 2.27.